The zero-order valence-electron chi connectivity index (χ0n) is 7.80. The minimum atomic E-state index is -0.324. The van der Waals surface area contributed by atoms with Gasteiger partial charge in [-0.2, -0.15) is 5.26 Å². The summed E-state index contributed by atoms with van der Waals surface area (Å²) < 4.78 is 13.3. The van der Waals surface area contributed by atoms with Crippen molar-refractivity contribution in [2.75, 3.05) is 18.5 Å². The average molecular weight is 213 g/mol. The minimum Gasteiger partial charge on any atom is -0.371 e. The molecule has 0 aromatic heterocycles. The van der Waals surface area contributed by atoms with Crippen LogP contribution in [0.25, 0.3) is 0 Å². The first kappa shape index (κ1) is 10.8. The van der Waals surface area contributed by atoms with Crippen LogP contribution in [0.5, 0.6) is 0 Å². The van der Waals surface area contributed by atoms with Crippen molar-refractivity contribution in [3.8, 4) is 6.07 Å². The molecule has 74 valence electrons. The van der Waals surface area contributed by atoms with Gasteiger partial charge in [0.1, 0.15) is 5.82 Å². The normalized spacial score (nSPS) is 9.57. The molecule has 1 aromatic carbocycles. The fourth-order valence-electron chi connectivity index (χ4n) is 1.12. The van der Waals surface area contributed by atoms with Gasteiger partial charge in [-0.25, -0.2) is 4.39 Å². The van der Waals surface area contributed by atoms with Crippen LogP contribution < -0.4 is 4.90 Å². The van der Waals surface area contributed by atoms with Crippen LogP contribution in [0.4, 0.5) is 10.1 Å². The minimum absolute atomic E-state index is 0.324. The molecule has 1 aromatic rings. The molecule has 0 spiro atoms. The Bertz CT molecular complexity index is 360. The Morgan fingerprint density at radius 2 is 2.29 bits per heavy atom. The summed E-state index contributed by atoms with van der Waals surface area (Å²) in [6.45, 7) is 0.494. The molecule has 0 saturated carbocycles. The molecular weight excluding hydrogens is 203 g/mol. The lowest BCUT2D eigenvalue weighted by atomic mass is 10.2. The van der Waals surface area contributed by atoms with Gasteiger partial charge in [-0.3, -0.25) is 0 Å². The van der Waals surface area contributed by atoms with Gasteiger partial charge >= 0.3 is 0 Å². The van der Waals surface area contributed by atoms with E-state index in [0.717, 1.165) is 0 Å². The highest BCUT2D eigenvalue weighted by Gasteiger charge is 2.07. The predicted molar refractivity (Wildman–Crippen MR) is 54.9 cm³/mol. The smallest absolute Gasteiger partial charge is 0.146 e. The van der Waals surface area contributed by atoms with Gasteiger partial charge in [0, 0.05) is 18.6 Å². The Labute approximate surface area is 87.5 Å². The van der Waals surface area contributed by atoms with Crippen LogP contribution >= 0.6 is 11.6 Å². The Hall–Kier alpha value is -1.27. The van der Waals surface area contributed by atoms with E-state index < -0.39 is 0 Å². The first-order valence-electron chi connectivity index (χ1n) is 4.18. The highest BCUT2D eigenvalue weighted by Crippen LogP contribution is 2.22. The van der Waals surface area contributed by atoms with Crippen molar-refractivity contribution >= 4 is 17.3 Å². The molecule has 0 aliphatic heterocycles. The molecule has 0 bridgehead atoms. The van der Waals surface area contributed by atoms with E-state index in [2.05, 4.69) is 0 Å². The van der Waals surface area contributed by atoms with Crippen molar-refractivity contribution in [3.05, 3.63) is 29.0 Å². The van der Waals surface area contributed by atoms with Crippen LogP contribution in [0.1, 0.15) is 6.42 Å². The quantitative estimate of drug-likeness (QED) is 0.771. The summed E-state index contributed by atoms with van der Waals surface area (Å²) in [7, 11) is 1.73. The first-order valence-corrected chi connectivity index (χ1v) is 4.56. The highest BCUT2D eigenvalue weighted by molar-refractivity contribution is 6.30. The van der Waals surface area contributed by atoms with Crippen LogP contribution in [0, 0.1) is 17.1 Å². The number of benzene rings is 1. The monoisotopic (exact) mass is 212 g/mol. The first-order chi connectivity index (χ1) is 6.65. The predicted octanol–water partition coefficient (Wildman–Crippen LogP) is 2.83. The lowest BCUT2D eigenvalue weighted by Gasteiger charge is -2.18. The number of anilines is 1. The Morgan fingerprint density at radius 1 is 1.57 bits per heavy atom. The van der Waals surface area contributed by atoms with Crippen molar-refractivity contribution in [1.29, 1.82) is 5.26 Å². The van der Waals surface area contributed by atoms with Gasteiger partial charge in [-0.1, -0.05) is 11.6 Å². The Morgan fingerprint density at radius 3 is 2.93 bits per heavy atom. The highest BCUT2D eigenvalue weighted by atomic mass is 35.5. The Kier molecular flexibility index (Phi) is 3.73. The van der Waals surface area contributed by atoms with Gasteiger partial charge in [-0.15, -0.1) is 0 Å². The summed E-state index contributed by atoms with van der Waals surface area (Å²) in [5.41, 5.74) is 0.424. The van der Waals surface area contributed by atoms with Crippen molar-refractivity contribution < 1.29 is 4.39 Å². The van der Waals surface area contributed by atoms with Gasteiger partial charge in [0.2, 0.25) is 0 Å². The summed E-state index contributed by atoms with van der Waals surface area (Å²) in [4.78, 5) is 1.67. The maximum Gasteiger partial charge on any atom is 0.146 e. The van der Waals surface area contributed by atoms with Gasteiger partial charge in [-0.05, 0) is 18.2 Å². The van der Waals surface area contributed by atoms with E-state index in [-0.39, 0.29) is 5.82 Å². The van der Waals surface area contributed by atoms with Gasteiger partial charge < -0.3 is 4.90 Å². The third-order valence-corrected chi connectivity index (χ3v) is 2.11. The molecule has 4 heteroatoms. The van der Waals surface area contributed by atoms with E-state index in [1.54, 1.807) is 18.0 Å². The number of halogens is 2. The summed E-state index contributed by atoms with van der Waals surface area (Å²) in [5.74, 6) is -0.324. The SMILES string of the molecule is CN(CCC#N)c1cc(Cl)ccc1F. The fourth-order valence-corrected chi connectivity index (χ4v) is 1.28. The van der Waals surface area contributed by atoms with Crippen LogP contribution in [0.2, 0.25) is 5.02 Å². The zero-order valence-corrected chi connectivity index (χ0v) is 8.55. The molecule has 0 aliphatic rings. The number of nitrogens with zero attached hydrogens (tertiary/aromatic N) is 2. The van der Waals surface area contributed by atoms with Crippen LogP contribution in [-0.4, -0.2) is 13.6 Å². The molecule has 0 heterocycles. The van der Waals surface area contributed by atoms with Crippen LogP contribution in [0.3, 0.4) is 0 Å². The second kappa shape index (κ2) is 4.83. The third-order valence-electron chi connectivity index (χ3n) is 1.88. The molecule has 0 atom stereocenters. The largest absolute Gasteiger partial charge is 0.371 e. The van der Waals surface area contributed by atoms with Gasteiger partial charge in [0.15, 0.2) is 0 Å². The lowest BCUT2D eigenvalue weighted by molar-refractivity contribution is 0.622. The van der Waals surface area contributed by atoms with Crippen molar-refractivity contribution in [2.45, 2.75) is 6.42 Å². The van der Waals surface area contributed by atoms with Crippen molar-refractivity contribution in [2.24, 2.45) is 0 Å². The van der Waals surface area contributed by atoms with E-state index in [9.17, 15) is 4.39 Å². The number of rotatable bonds is 3. The van der Waals surface area contributed by atoms with E-state index in [4.69, 9.17) is 16.9 Å². The molecule has 0 N–H and O–H groups in total. The second-order valence-corrected chi connectivity index (χ2v) is 3.36. The summed E-state index contributed by atoms with van der Waals surface area (Å²) in [5, 5.41) is 8.88. The lowest BCUT2D eigenvalue weighted by Crippen LogP contribution is -2.19. The van der Waals surface area contributed by atoms with E-state index in [1.165, 1.54) is 12.1 Å². The molecule has 0 amide bonds. The summed E-state index contributed by atoms with van der Waals surface area (Å²) in [6, 6.07) is 6.37. The number of hydrogen-bond acceptors (Lipinski definition) is 2. The maximum absolute atomic E-state index is 13.3. The third kappa shape index (κ3) is 2.61. The summed E-state index contributed by atoms with van der Waals surface area (Å²) >= 11 is 5.74. The average Bonchev–Trinajstić information content (AvgIpc) is 2.18. The second-order valence-electron chi connectivity index (χ2n) is 2.93. The molecule has 0 radical (unpaired) electrons. The fraction of sp³-hybridized carbons (Fsp3) is 0.300. The molecule has 0 fully saturated rings. The van der Waals surface area contributed by atoms with E-state index in [0.29, 0.717) is 23.7 Å². The van der Waals surface area contributed by atoms with Crippen molar-refractivity contribution in [3.63, 3.8) is 0 Å². The zero-order chi connectivity index (χ0) is 10.6. The molecule has 0 saturated heterocycles. The molecular formula is C10H10ClFN2. The number of nitriles is 1. The molecule has 1 rings (SSSR count). The Balaban J connectivity index is 2.83. The topological polar surface area (TPSA) is 27.0 Å². The standard InChI is InChI=1S/C10H10ClFN2/c1-14(6-2-5-13)10-7-8(11)3-4-9(10)12/h3-4,7H,2,6H2,1H3. The maximum atomic E-state index is 13.3. The van der Waals surface area contributed by atoms with Gasteiger partial charge in [0.05, 0.1) is 18.2 Å². The van der Waals surface area contributed by atoms with Gasteiger partial charge in [0.25, 0.3) is 0 Å². The molecule has 2 nitrogen and oxygen atoms in total. The molecule has 0 unspecified atom stereocenters. The van der Waals surface area contributed by atoms with Crippen molar-refractivity contribution in [1.82, 2.24) is 0 Å². The van der Waals surface area contributed by atoms with E-state index in [1.807, 2.05) is 6.07 Å². The van der Waals surface area contributed by atoms with Crippen LogP contribution in [0.15, 0.2) is 18.2 Å². The van der Waals surface area contributed by atoms with E-state index >= 15 is 0 Å². The molecule has 14 heavy (non-hydrogen) atoms. The van der Waals surface area contributed by atoms with Crippen LogP contribution in [-0.2, 0) is 0 Å². The summed E-state index contributed by atoms with van der Waals surface area (Å²) in [6.07, 6.45) is 0.364. The molecule has 0 aliphatic carbocycles. The number of hydrogen-bond donors (Lipinski definition) is 0.